The van der Waals surface area contributed by atoms with E-state index in [0.717, 1.165) is 33.8 Å². The highest BCUT2D eigenvalue weighted by Gasteiger charge is 2.25. The van der Waals surface area contributed by atoms with E-state index in [2.05, 4.69) is 21.0 Å². The summed E-state index contributed by atoms with van der Waals surface area (Å²) in [6.45, 7) is 0.398. The summed E-state index contributed by atoms with van der Waals surface area (Å²) >= 11 is 0. The molecule has 2 aliphatic rings. The van der Waals surface area contributed by atoms with Crippen LogP contribution < -0.4 is 0 Å². The Labute approximate surface area is 126 Å². The molecule has 6 nitrogen and oxygen atoms in total. The highest BCUT2D eigenvalue weighted by molar-refractivity contribution is 5.95. The van der Waals surface area contributed by atoms with Crippen LogP contribution in [-0.4, -0.2) is 32.2 Å². The number of nitriles is 1. The molecule has 0 saturated heterocycles. The monoisotopic (exact) mass is 291 g/mol. The maximum Gasteiger partial charge on any atom is 0.156 e. The second-order valence-corrected chi connectivity index (χ2v) is 5.40. The molecule has 0 amide bonds. The van der Waals surface area contributed by atoms with Gasteiger partial charge in [-0.25, -0.2) is 4.98 Å². The number of aryl methyl sites for hydroxylation is 1. The number of nitrogens with one attached hydrogen (secondary N) is 1. The lowest BCUT2D eigenvalue weighted by molar-refractivity contribution is -0.118. The first-order chi connectivity index (χ1) is 10.8. The molecule has 0 spiro atoms. The predicted octanol–water partition coefficient (Wildman–Crippen LogP) is 2.01. The molecule has 0 saturated carbocycles. The maximum absolute atomic E-state index is 11.6. The summed E-state index contributed by atoms with van der Waals surface area (Å²) in [5, 5.41) is 8.69. The zero-order valence-corrected chi connectivity index (χ0v) is 11.8. The van der Waals surface area contributed by atoms with Crippen molar-refractivity contribution in [2.75, 3.05) is 6.54 Å². The number of hydrogen-bond donors (Lipinski definition) is 1. The van der Waals surface area contributed by atoms with Crippen molar-refractivity contribution in [3.8, 4) is 6.07 Å². The van der Waals surface area contributed by atoms with Crippen molar-refractivity contribution in [2.24, 2.45) is 0 Å². The number of Topliss-reactive ketones (excluding diaryl/α,β-unsaturated/α-hetero) is 1. The third-order valence-corrected chi connectivity index (χ3v) is 3.93. The molecule has 2 aromatic heterocycles. The van der Waals surface area contributed by atoms with Crippen molar-refractivity contribution < 1.29 is 4.79 Å². The zero-order valence-electron chi connectivity index (χ0n) is 11.8. The minimum Gasteiger partial charge on any atom is -0.341 e. The van der Waals surface area contributed by atoms with Gasteiger partial charge in [-0.1, -0.05) is 6.08 Å². The summed E-state index contributed by atoms with van der Waals surface area (Å²) in [6, 6.07) is 2.13. The predicted molar refractivity (Wildman–Crippen MR) is 81.2 cm³/mol. The number of carbonyl (C=O) groups excluding carboxylic acids is 1. The van der Waals surface area contributed by atoms with Gasteiger partial charge < -0.3 is 9.88 Å². The first kappa shape index (κ1) is 12.8. The van der Waals surface area contributed by atoms with Crippen molar-refractivity contribution >= 4 is 28.6 Å². The van der Waals surface area contributed by atoms with Crippen LogP contribution in [0.2, 0.25) is 0 Å². The summed E-state index contributed by atoms with van der Waals surface area (Å²) in [6.07, 6.45) is 9.06. The average molecular weight is 291 g/mol. The largest absolute Gasteiger partial charge is 0.341 e. The van der Waals surface area contributed by atoms with Gasteiger partial charge in [0.1, 0.15) is 5.82 Å². The van der Waals surface area contributed by atoms with Crippen LogP contribution in [0.5, 0.6) is 0 Å². The molecule has 0 unspecified atom stereocenters. The molecule has 22 heavy (non-hydrogen) atoms. The van der Waals surface area contributed by atoms with Gasteiger partial charge in [0.05, 0.1) is 41.2 Å². The molecular weight excluding hydrogens is 278 g/mol. The summed E-state index contributed by atoms with van der Waals surface area (Å²) in [5.74, 6) is 1.01. The summed E-state index contributed by atoms with van der Waals surface area (Å²) in [5.41, 5.74) is 4.54. The number of allylic oxidation sites excluding steroid dienone is 1. The quantitative estimate of drug-likeness (QED) is 0.914. The third kappa shape index (κ3) is 1.91. The molecule has 0 atom stereocenters. The van der Waals surface area contributed by atoms with Crippen molar-refractivity contribution in [1.82, 2.24) is 19.9 Å². The third-order valence-electron chi connectivity index (χ3n) is 3.93. The minimum atomic E-state index is 0.205. The fourth-order valence-corrected chi connectivity index (χ4v) is 2.90. The first-order valence-corrected chi connectivity index (χ1v) is 7.18. The van der Waals surface area contributed by atoms with Gasteiger partial charge >= 0.3 is 0 Å². The van der Waals surface area contributed by atoms with Gasteiger partial charge in [0, 0.05) is 31.0 Å². The van der Waals surface area contributed by atoms with Crippen LogP contribution in [0.3, 0.4) is 0 Å². The molecule has 4 rings (SSSR count). The van der Waals surface area contributed by atoms with Gasteiger partial charge in [0.25, 0.3) is 0 Å². The lowest BCUT2D eigenvalue weighted by Gasteiger charge is -2.29. The second-order valence-electron chi connectivity index (χ2n) is 5.40. The van der Waals surface area contributed by atoms with E-state index in [0.29, 0.717) is 25.8 Å². The second kappa shape index (κ2) is 4.81. The number of carbonyl (C=O) groups is 1. The molecule has 1 N–H and O–H groups in total. The molecule has 4 heterocycles. The van der Waals surface area contributed by atoms with Gasteiger partial charge in [0.2, 0.25) is 0 Å². The number of imidazole rings is 1. The number of aromatic amines is 1. The number of H-pyrrole nitrogens is 1. The lowest BCUT2D eigenvalue weighted by Crippen LogP contribution is -2.29. The number of hydrogen-bond acceptors (Lipinski definition) is 5. The van der Waals surface area contributed by atoms with E-state index >= 15 is 0 Å². The number of ketones is 1. The first-order valence-electron chi connectivity index (χ1n) is 7.18. The van der Waals surface area contributed by atoms with Crippen LogP contribution in [0.15, 0.2) is 18.5 Å². The van der Waals surface area contributed by atoms with Crippen LogP contribution in [0.4, 0.5) is 0 Å². The molecule has 108 valence electrons. The zero-order chi connectivity index (χ0) is 15.1. The molecule has 2 aliphatic heterocycles. The van der Waals surface area contributed by atoms with E-state index in [1.165, 1.54) is 0 Å². The average Bonchev–Trinajstić information content (AvgIpc) is 2.95. The highest BCUT2D eigenvalue weighted by atomic mass is 16.1. The standard InChI is InChI=1S/C16H13N5O/c17-6-1-2-14-19-12-8-18-16-11(15(12)20-14)5-7-21-9-10(22)3-4-13(16)21/h4-5,7-8H,1-3,9H2,(H,19,20). The normalized spacial score (nSPS) is 16.2. The van der Waals surface area contributed by atoms with E-state index in [1.807, 2.05) is 23.3 Å². The molecule has 2 aromatic rings. The van der Waals surface area contributed by atoms with Crippen LogP contribution >= 0.6 is 0 Å². The molecule has 0 aromatic carbocycles. The van der Waals surface area contributed by atoms with Crippen molar-refractivity contribution in [2.45, 2.75) is 19.3 Å². The van der Waals surface area contributed by atoms with E-state index in [4.69, 9.17) is 5.26 Å². The van der Waals surface area contributed by atoms with Crippen LogP contribution in [0, 0.1) is 11.3 Å². The Morgan fingerprint density at radius 2 is 2.36 bits per heavy atom. The Balaban J connectivity index is 1.83. The van der Waals surface area contributed by atoms with Gasteiger partial charge in [-0.05, 0) is 6.08 Å². The Hall–Kier alpha value is -2.94. The number of pyridine rings is 1. The molecular formula is C16H13N5O. The van der Waals surface area contributed by atoms with Crippen molar-refractivity contribution in [1.29, 1.82) is 5.26 Å². The molecule has 0 bridgehead atoms. The van der Waals surface area contributed by atoms with E-state index in [-0.39, 0.29) is 5.78 Å². The SMILES string of the molecule is N#CCCc1nc2c3c(ncc2[nH]1)C1=CCC(=O)CN1C=C3. The summed E-state index contributed by atoms with van der Waals surface area (Å²) < 4.78 is 0. The fourth-order valence-electron chi connectivity index (χ4n) is 2.90. The molecule has 0 aliphatic carbocycles. The molecule has 6 heteroatoms. The Bertz CT molecular complexity index is 884. The number of rotatable bonds is 2. The van der Waals surface area contributed by atoms with Gasteiger partial charge in [-0.15, -0.1) is 0 Å². The Morgan fingerprint density at radius 3 is 3.23 bits per heavy atom. The van der Waals surface area contributed by atoms with E-state index < -0.39 is 0 Å². The smallest absolute Gasteiger partial charge is 0.156 e. The summed E-state index contributed by atoms with van der Waals surface area (Å²) in [7, 11) is 0. The number of nitrogens with zero attached hydrogens (tertiary/aromatic N) is 4. The number of aromatic nitrogens is 3. The Morgan fingerprint density at radius 1 is 1.45 bits per heavy atom. The van der Waals surface area contributed by atoms with Gasteiger partial charge in [0.15, 0.2) is 5.78 Å². The fraction of sp³-hybridized carbons (Fsp3) is 0.250. The van der Waals surface area contributed by atoms with E-state index in [1.54, 1.807) is 6.20 Å². The van der Waals surface area contributed by atoms with Crippen LogP contribution in [0.1, 0.15) is 29.9 Å². The lowest BCUT2D eigenvalue weighted by atomic mass is 10.0. The van der Waals surface area contributed by atoms with Crippen molar-refractivity contribution in [3.05, 3.63) is 35.6 Å². The van der Waals surface area contributed by atoms with Crippen molar-refractivity contribution in [3.63, 3.8) is 0 Å². The maximum atomic E-state index is 11.6. The number of fused-ring (bicyclic) bond motifs is 5. The summed E-state index contributed by atoms with van der Waals surface area (Å²) in [4.78, 5) is 25.8. The highest BCUT2D eigenvalue weighted by Crippen LogP contribution is 2.33. The topological polar surface area (TPSA) is 85.7 Å². The molecule has 0 radical (unpaired) electrons. The van der Waals surface area contributed by atoms with Gasteiger partial charge in [-0.3, -0.25) is 9.78 Å². The molecule has 0 fully saturated rings. The van der Waals surface area contributed by atoms with Crippen LogP contribution in [-0.2, 0) is 11.2 Å². The Kier molecular flexibility index (Phi) is 2.79. The minimum absolute atomic E-state index is 0.205. The van der Waals surface area contributed by atoms with Gasteiger partial charge in [-0.2, -0.15) is 5.26 Å². The van der Waals surface area contributed by atoms with Crippen LogP contribution in [0.25, 0.3) is 22.8 Å². The van der Waals surface area contributed by atoms with E-state index in [9.17, 15) is 4.79 Å².